The van der Waals surface area contributed by atoms with Crippen LogP contribution < -0.4 is 5.32 Å². The second kappa shape index (κ2) is 5.28. The number of hydrogen-bond acceptors (Lipinski definition) is 4. The summed E-state index contributed by atoms with van der Waals surface area (Å²) in [5, 5.41) is 3.04. The van der Waals surface area contributed by atoms with Crippen LogP contribution in [0.25, 0.3) is 0 Å². The first kappa shape index (κ1) is 10.6. The minimum absolute atomic E-state index is 0.583. The van der Waals surface area contributed by atoms with E-state index in [0.29, 0.717) is 5.92 Å². The molecule has 0 spiro atoms. The van der Waals surface area contributed by atoms with E-state index in [9.17, 15) is 0 Å². The fourth-order valence-electron chi connectivity index (χ4n) is 1.91. The van der Waals surface area contributed by atoms with E-state index in [0.717, 1.165) is 44.3 Å². The Morgan fingerprint density at radius 1 is 1.60 bits per heavy atom. The van der Waals surface area contributed by atoms with Gasteiger partial charge in [0.05, 0.1) is 12.7 Å². The molecular weight excluding hydrogens is 192 g/mol. The van der Waals surface area contributed by atoms with Gasteiger partial charge in [-0.2, -0.15) is 0 Å². The molecule has 1 aliphatic rings. The van der Waals surface area contributed by atoms with Gasteiger partial charge < -0.3 is 14.5 Å². The van der Waals surface area contributed by atoms with Gasteiger partial charge in [0.1, 0.15) is 5.76 Å². The molecule has 1 aliphatic heterocycles. The average molecular weight is 210 g/mol. The first-order valence-electron chi connectivity index (χ1n) is 5.54. The van der Waals surface area contributed by atoms with Crippen molar-refractivity contribution in [1.82, 2.24) is 10.3 Å². The fraction of sp³-hybridized carbons (Fsp3) is 0.727. The lowest BCUT2D eigenvalue weighted by atomic mass is 9.99. The fourth-order valence-corrected chi connectivity index (χ4v) is 1.91. The van der Waals surface area contributed by atoms with Crippen molar-refractivity contribution in [2.75, 3.05) is 20.3 Å². The summed E-state index contributed by atoms with van der Waals surface area (Å²) in [7, 11) is 1.90. The molecule has 84 valence electrons. The van der Waals surface area contributed by atoms with E-state index < -0.39 is 0 Å². The summed E-state index contributed by atoms with van der Waals surface area (Å²) in [5.41, 5.74) is 0. The maximum absolute atomic E-state index is 5.60. The molecule has 4 heteroatoms. The highest BCUT2D eigenvalue weighted by Crippen LogP contribution is 2.18. The van der Waals surface area contributed by atoms with Crippen LogP contribution in [-0.2, 0) is 17.7 Å². The Morgan fingerprint density at radius 2 is 2.53 bits per heavy atom. The lowest BCUT2D eigenvalue weighted by Gasteiger charge is -2.20. The van der Waals surface area contributed by atoms with Crippen molar-refractivity contribution in [3.05, 3.63) is 17.8 Å². The minimum Gasteiger partial charge on any atom is -0.444 e. The molecule has 4 nitrogen and oxygen atoms in total. The topological polar surface area (TPSA) is 47.3 Å². The van der Waals surface area contributed by atoms with Crippen LogP contribution in [0.3, 0.4) is 0 Å². The molecule has 0 radical (unpaired) electrons. The SMILES string of the molecule is CNCc1cnc(CC2CCCOC2)o1. The minimum atomic E-state index is 0.583. The Morgan fingerprint density at radius 3 is 3.27 bits per heavy atom. The van der Waals surface area contributed by atoms with Gasteiger partial charge in [-0.1, -0.05) is 0 Å². The number of ether oxygens (including phenoxy) is 1. The highest BCUT2D eigenvalue weighted by Gasteiger charge is 2.16. The smallest absolute Gasteiger partial charge is 0.194 e. The number of oxazole rings is 1. The summed E-state index contributed by atoms with van der Waals surface area (Å²) in [6, 6.07) is 0. The summed E-state index contributed by atoms with van der Waals surface area (Å²) < 4.78 is 11.0. The van der Waals surface area contributed by atoms with E-state index >= 15 is 0 Å². The Kier molecular flexibility index (Phi) is 3.75. The molecular formula is C11H18N2O2. The monoisotopic (exact) mass is 210 g/mol. The van der Waals surface area contributed by atoms with E-state index in [1.54, 1.807) is 6.20 Å². The Hall–Kier alpha value is -0.870. The van der Waals surface area contributed by atoms with Crippen LogP contribution in [0.5, 0.6) is 0 Å². The first-order chi connectivity index (χ1) is 7.38. The normalized spacial score (nSPS) is 21.8. The first-order valence-corrected chi connectivity index (χ1v) is 5.54. The predicted molar refractivity (Wildman–Crippen MR) is 56.5 cm³/mol. The molecule has 1 fully saturated rings. The van der Waals surface area contributed by atoms with Crippen LogP contribution in [0.1, 0.15) is 24.5 Å². The van der Waals surface area contributed by atoms with Gasteiger partial charge in [0.15, 0.2) is 5.89 Å². The van der Waals surface area contributed by atoms with Gasteiger partial charge in [-0.05, 0) is 25.8 Å². The summed E-state index contributed by atoms with van der Waals surface area (Å²) in [5.74, 6) is 2.33. The maximum Gasteiger partial charge on any atom is 0.194 e. The van der Waals surface area contributed by atoms with Crippen LogP contribution in [0, 0.1) is 5.92 Å². The standard InChI is InChI=1S/C11H18N2O2/c1-12-6-10-7-13-11(15-10)5-9-3-2-4-14-8-9/h7,9,12H,2-6,8H2,1H3. The average Bonchev–Trinajstić information content (AvgIpc) is 2.68. The van der Waals surface area contributed by atoms with Crippen molar-refractivity contribution in [2.24, 2.45) is 5.92 Å². The van der Waals surface area contributed by atoms with Crippen molar-refractivity contribution in [3.8, 4) is 0 Å². The van der Waals surface area contributed by atoms with Gasteiger partial charge in [-0.3, -0.25) is 0 Å². The molecule has 15 heavy (non-hydrogen) atoms. The highest BCUT2D eigenvalue weighted by atomic mass is 16.5. The molecule has 1 unspecified atom stereocenters. The third kappa shape index (κ3) is 3.04. The third-order valence-electron chi connectivity index (χ3n) is 2.67. The van der Waals surface area contributed by atoms with Crippen molar-refractivity contribution in [3.63, 3.8) is 0 Å². The largest absolute Gasteiger partial charge is 0.444 e. The van der Waals surface area contributed by atoms with Gasteiger partial charge in [-0.15, -0.1) is 0 Å². The number of nitrogens with one attached hydrogen (secondary N) is 1. The molecule has 1 saturated heterocycles. The summed E-state index contributed by atoms with van der Waals surface area (Å²) in [6.45, 7) is 2.50. The molecule has 1 aromatic heterocycles. The second-order valence-corrected chi connectivity index (χ2v) is 4.04. The number of hydrogen-bond donors (Lipinski definition) is 1. The number of aromatic nitrogens is 1. The molecule has 1 aromatic rings. The summed E-state index contributed by atoms with van der Waals surface area (Å²) >= 11 is 0. The number of nitrogens with zero attached hydrogens (tertiary/aromatic N) is 1. The third-order valence-corrected chi connectivity index (χ3v) is 2.67. The zero-order valence-corrected chi connectivity index (χ0v) is 9.16. The molecule has 2 rings (SSSR count). The van der Waals surface area contributed by atoms with Gasteiger partial charge in [0, 0.05) is 19.6 Å². The van der Waals surface area contributed by atoms with Gasteiger partial charge in [-0.25, -0.2) is 4.98 Å². The van der Waals surface area contributed by atoms with Crippen LogP contribution in [0.2, 0.25) is 0 Å². The van der Waals surface area contributed by atoms with Crippen molar-refractivity contribution < 1.29 is 9.15 Å². The molecule has 2 heterocycles. The molecule has 0 aliphatic carbocycles. The van der Waals surface area contributed by atoms with Gasteiger partial charge in [0.2, 0.25) is 0 Å². The van der Waals surface area contributed by atoms with E-state index in [-0.39, 0.29) is 0 Å². The molecule has 1 N–H and O–H groups in total. The van der Waals surface area contributed by atoms with E-state index in [2.05, 4.69) is 10.3 Å². The maximum atomic E-state index is 5.60. The Bertz CT molecular complexity index is 293. The lowest BCUT2D eigenvalue weighted by molar-refractivity contribution is 0.0525. The van der Waals surface area contributed by atoms with Crippen LogP contribution in [0.4, 0.5) is 0 Å². The number of rotatable bonds is 4. The summed E-state index contributed by atoms with van der Waals surface area (Å²) in [4.78, 5) is 4.27. The van der Waals surface area contributed by atoms with E-state index in [1.165, 1.54) is 6.42 Å². The van der Waals surface area contributed by atoms with Gasteiger partial charge in [0.25, 0.3) is 0 Å². The van der Waals surface area contributed by atoms with Crippen LogP contribution in [0.15, 0.2) is 10.6 Å². The zero-order chi connectivity index (χ0) is 10.5. The molecule has 0 saturated carbocycles. The summed E-state index contributed by atoms with van der Waals surface area (Å²) in [6.07, 6.45) is 5.09. The van der Waals surface area contributed by atoms with Crippen LogP contribution >= 0.6 is 0 Å². The van der Waals surface area contributed by atoms with Crippen LogP contribution in [-0.4, -0.2) is 25.2 Å². The predicted octanol–water partition coefficient (Wildman–Crippen LogP) is 1.36. The second-order valence-electron chi connectivity index (χ2n) is 4.04. The Balaban J connectivity index is 1.86. The highest BCUT2D eigenvalue weighted by molar-refractivity contribution is 4.94. The molecule has 0 bridgehead atoms. The van der Waals surface area contributed by atoms with E-state index in [4.69, 9.17) is 9.15 Å². The molecule has 0 amide bonds. The van der Waals surface area contributed by atoms with Gasteiger partial charge >= 0.3 is 0 Å². The molecule has 0 aromatic carbocycles. The zero-order valence-electron chi connectivity index (χ0n) is 9.16. The van der Waals surface area contributed by atoms with E-state index in [1.807, 2.05) is 7.05 Å². The molecule has 1 atom stereocenters. The van der Waals surface area contributed by atoms with Crippen molar-refractivity contribution >= 4 is 0 Å². The lowest BCUT2D eigenvalue weighted by Crippen LogP contribution is -2.19. The van der Waals surface area contributed by atoms with Crippen molar-refractivity contribution in [2.45, 2.75) is 25.8 Å². The quantitative estimate of drug-likeness (QED) is 0.815. The Labute approximate surface area is 90.0 Å². The van der Waals surface area contributed by atoms with Crippen molar-refractivity contribution in [1.29, 1.82) is 0 Å².